The Hall–Kier alpha value is -0.860. The molecule has 1 aromatic carbocycles. The molecule has 1 aromatic rings. The van der Waals surface area contributed by atoms with E-state index in [-0.39, 0.29) is 0 Å². The Kier molecular flexibility index (Phi) is 3.85. The molecule has 0 aliphatic heterocycles. The number of benzene rings is 1. The zero-order chi connectivity index (χ0) is 12.3. The van der Waals surface area contributed by atoms with Crippen LogP contribution in [0, 0.1) is 0 Å². The van der Waals surface area contributed by atoms with Crippen molar-refractivity contribution in [1.29, 1.82) is 0 Å². The average Bonchev–Trinajstić information content (AvgIpc) is 3.17. The lowest BCUT2D eigenvalue weighted by Gasteiger charge is -2.23. The molecule has 1 aliphatic rings. The normalized spacial score (nSPS) is 17.4. The van der Waals surface area contributed by atoms with E-state index in [1.807, 2.05) is 0 Å². The maximum Gasteiger partial charge on any atom is 0.0236 e. The molecule has 94 valence electrons. The van der Waals surface area contributed by atoms with Crippen LogP contribution in [0.1, 0.15) is 37.8 Å². The Morgan fingerprint density at radius 1 is 1.18 bits per heavy atom. The molecule has 0 amide bonds. The van der Waals surface area contributed by atoms with Crippen LogP contribution >= 0.6 is 0 Å². The molecular weight excluding hydrogens is 208 g/mol. The summed E-state index contributed by atoms with van der Waals surface area (Å²) in [7, 11) is 0. The molecule has 0 aromatic heterocycles. The van der Waals surface area contributed by atoms with Gasteiger partial charge in [-0.15, -0.1) is 0 Å². The highest BCUT2D eigenvalue weighted by Crippen LogP contribution is 2.48. The zero-order valence-electron chi connectivity index (χ0n) is 11.1. The minimum absolute atomic E-state index is 0.309. The van der Waals surface area contributed by atoms with E-state index in [0.717, 1.165) is 26.2 Å². The molecule has 2 heteroatoms. The van der Waals surface area contributed by atoms with Gasteiger partial charge in [-0.2, -0.15) is 0 Å². The highest BCUT2D eigenvalue weighted by molar-refractivity contribution is 5.39. The van der Waals surface area contributed by atoms with Crippen LogP contribution in [-0.2, 0) is 12.0 Å². The minimum atomic E-state index is 0.309. The van der Waals surface area contributed by atoms with Crippen LogP contribution in [0.3, 0.4) is 0 Å². The van der Waals surface area contributed by atoms with E-state index in [9.17, 15) is 0 Å². The summed E-state index contributed by atoms with van der Waals surface area (Å²) in [4.78, 5) is 2.46. The van der Waals surface area contributed by atoms with E-state index >= 15 is 0 Å². The van der Waals surface area contributed by atoms with Gasteiger partial charge in [0.25, 0.3) is 0 Å². The van der Waals surface area contributed by atoms with E-state index in [1.54, 1.807) is 0 Å². The summed E-state index contributed by atoms with van der Waals surface area (Å²) in [6.07, 6.45) is 2.53. The molecule has 0 bridgehead atoms. The number of nitrogens with two attached hydrogens (primary N) is 1. The third-order valence-corrected chi connectivity index (χ3v) is 4.12. The third kappa shape index (κ3) is 2.53. The van der Waals surface area contributed by atoms with E-state index < -0.39 is 0 Å². The molecule has 2 nitrogen and oxygen atoms in total. The first-order valence-electron chi connectivity index (χ1n) is 6.76. The lowest BCUT2D eigenvalue weighted by Crippen LogP contribution is -2.26. The summed E-state index contributed by atoms with van der Waals surface area (Å²) in [6, 6.07) is 8.84. The highest BCUT2D eigenvalue weighted by atomic mass is 15.1. The molecule has 1 aliphatic carbocycles. The van der Waals surface area contributed by atoms with Gasteiger partial charge in [-0.05, 0) is 37.1 Å². The second-order valence-corrected chi connectivity index (χ2v) is 5.10. The first-order chi connectivity index (χ1) is 8.25. The minimum Gasteiger partial charge on any atom is -0.330 e. The summed E-state index contributed by atoms with van der Waals surface area (Å²) in [5.74, 6) is 0. The van der Waals surface area contributed by atoms with Gasteiger partial charge in [0.15, 0.2) is 0 Å². The number of rotatable bonds is 6. The first kappa shape index (κ1) is 12.6. The Balaban J connectivity index is 2.22. The Morgan fingerprint density at radius 2 is 1.82 bits per heavy atom. The van der Waals surface area contributed by atoms with Crippen molar-refractivity contribution in [3.63, 3.8) is 0 Å². The van der Waals surface area contributed by atoms with Crippen LogP contribution in [0.2, 0.25) is 0 Å². The highest BCUT2D eigenvalue weighted by Gasteiger charge is 2.43. The fourth-order valence-electron chi connectivity index (χ4n) is 2.60. The van der Waals surface area contributed by atoms with Crippen LogP contribution in [0.15, 0.2) is 24.3 Å². The predicted octanol–water partition coefficient (Wildman–Crippen LogP) is 2.52. The van der Waals surface area contributed by atoms with Gasteiger partial charge in [-0.1, -0.05) is 38.1 Å². The van der Waals surface area contributed by atoms with Crippen molar-refractivity contribution < 1.29 is 0 Å². The Morgan fingerprint density at radius 3 is 2.35 bits per heavy atom. The molecule has 0 saturated heterocycles. The van der Waals surface area contributed by atoms with Crippen LogP contribution in [0.4, 0.5) is 0 Å². The van der Waals surface area contributed by atoms with Gasteiger partial charge < -0.3 is 5.73 Å². The van der Waals surface area contributed by atoms with Crippen molar-refractivity contribution in [3.05, 3.63) is 35.4 Å². The van der Waals surface area contributed by atoms with Crippen LogP contribution in [-0.4, -0.2) is 24.5 Å². The molecule has 1 saturated carbocycles. The first-order valence-corrected chi connectivity index (χ1v) is 6.76. The predicted molar refractivity (Wildman–Crippen MR) is 73.0 cm³/mol. The SMILES string of the molecule is CCN(CC)Cc1ccccc1C1(CN)CC1. The largest absolute Gasteiger partial charge is 0.330 e. The quantitative estimate of drug-likeness (QED) is 0.816. The number of nitrogens with zero attached hydrogens (tertiary/aromatic N) is 1. The van der Waals surface area contributed by atoms with Gasteiger partial charge in [-0.3, -0.25) is 4.90 Å². The van der Waals surface area contributed by atoms with Crippen molar-refractivity contribution in [2.75, 3.05) is 19.6 Å². The molecule has 2 N–H and O–H groups in total. The Bertz CT molecular complexity index is 365. The fraction of sp³-hybridized carbons (Fsp3) is 0.600. The number of hydrogen-bond acceptors (Lipinski definition) is 2. The zero-order valence-corrected chi connectivity index (χ0v) is 11.1. The fourth-order valence-corrected chi connectivity index (χ4v) is 2.60. The van der Waals surface area contributed by atoms with Crippen molar-refractivity contribution in [2.24, 2.45) is 5.73 Å². The summed E-state index contributed by atoms with van der Waals surface area (Å²) < 4.78 is 0. The molecular formula is C15H24N2. The molecule has 17 heavy (non-hydrogen) atoms. The summed E-state index contributed by atoms with van der Waals surface area (Å²) in [5, 5.41) is 0. The monoisotopic (exact) mass is 232 g/mol. The van der Waals surface area contributed by atoms with E-state index in [4.69, 9.17) is 5.73 Å². The number of hydrogen-bond donors (Lipinski definition) is 1. The molecule has 2 rings (SSSR count). The lowest BCUT2D eigenvalue weighted by atomic mass is 9.91. The Labute approximate surface area is 105 Å². The van der Waals surface area contributed by atoms with Crippen molar-refractivity contribution in [1.82, 2.24) is 4.90 Å². The topological polar surface area (TPSA) is 29.3 Å². The molecule has 0 heterocycles. The summed E-state index contributed by atoms with van der Waals surface area (Å²) in [6.45, 7) is 8.53. The van der Waals surface area contributed by atoms with E-state index in [1.165, 1.54) is 24.0 Å². The van der Waals surface area contributed by atoms with Gasteiger partial charge in [0.2, 0.25) is 0 Å². The van der Waals surface area contributed by atoms with Crippen LogP contribution in [0.25, 0.3) is 0 Å². The molecule has 0 atom stereocenters. The van der Waals surface area contributed by atoms with Gasteiger partial charge in [0.05, 0.1) is 0 Å². The van der Waals surface area contributed by atoms with Crippen molar-refractivity contribution in [3.8, 4) is 0 Å². The standard InChI is InChI=1S/C15H24N2/c1-3-17(4-2)11-13-7-5-6-8-14(13)15(12-16)9-10-15/h5-8H,3-4,9-12,16H2,1-2H3. The second kappa shape index (κ2) is 5.19. The van der Waals surface area contributed by atoms with Crippen LogP contribution < -0.4 is 5.73 Å². The van der Waals surface area contributed by atoms with Gasteiger partial charge >= 0.3 is 0 Å². The van der Waals surface area contributed by atoms with Gasteiger partial charge in [-0.25, -0.2) is 0 Å². The molecule has 1 fully saturated rings. The van der Waals surface area contributed by atoms with Gasteiger partial charge in [0.1, 0.15) is 0 Å². The molecule has 0 radical (unpaired) electrons. The summed E-state index contributed by atoms with van der Waals surface area (Å²) in [5.41, 5.74) is 9.23. The summed E-state index contributed by atoms with van der Waals surface area (Å²) >= 11 is 0. The molecule has 0 spiro atoms. The van der Waals surface area contributed by atoms with Crippen LogP contribution in [0.5, 0.6) is 0 Å². The van der Waals surface area contributed by atoms with Crippen molar-refractivity contribution >= 4 is 0 Å². The third-order valence-electron chi connectivity index (χ3n) is 4.12. The smallest absolute Gasteiger partial charge is 0.0236 e. The van der Waals surface area contributed by atoms with E-state index in [0.29, 0.717) is 5.41 Å². The maximum atomic E-state index is 5.95. The lowest BCUT2D eigenvalue weighted by molar-refractivity contribution is 0.294. The maximum absolute atomic E-state index is 5.95. The molecule has 0 unspecified atom stereocenters. The average molecular weight is 232 g/mol. The van der Waals surface area contributed by atoms with E-state index in [2.05, 4.69) is 43.0 Å². The van der Waals surface area contributed by atoms with Gasteiger partial charge in [0, 0.05) is 18.5 Å². The van der Waals surface area contributed by atoms with Crippen molar-refractivity contribution in [2.45, 2.75) is 38.6 Å². The second-order valence-electron chi connectivity index (χ2n) is 5.10.